The van der Waals surface area contributed by atoms with Crippen molar-refractivity contribution < 1.29 is 19.3 Å². The standard InChI is InChI=1S/C26H26N2O4/c1-16-8-9-17(2)19(12-16)15-31-21-10-11-23(24(29)14-21)25-26(18(3)27-28-25)32-22-7-5-6-20(13-22)30-4/h5-14,29H,15H2,1-4H3,(H,27,28). The number of methoxy groups -OCH3 is 1. The van der Waals surface area contributed by atoms with Gasteiger partial charge in [0.25, 0.3) is 0 Å². The number of benzene rings is 3. The molecule has 3 aromatic carbocycles. The number of rotatable bonds is 7. The molecule has 164 valence electrons. The molecule has 0 aliphatic carbocycles. The van der Waals surface area contributed by atoms with Crippen LogP contribution in [0.1, 0.15) is 22.4 Å². The van der Waals surface area contributed by atoms with Gasteiger partial charge >= 0.3 is 0 Å². The maximum atomic E-state index is 10.7. The molecule has 4 rings (SSSR count). The van der Waals surface area contributed by atoms with Gasteiger partial charge in [-0.2, -0.15) is 5.10 Å². The Kier molecular flexibility index (Phi) is 6.03. The van der Waals surface area contributed by atoms with E-state index in [0.29, 0.717) is 40.9 Å². The zero-order valence-corrected chi connectivity index (χ0v) is 18.6. The average Bonchev–Trinajstić information content (AvgIpc) is 3.14. The molecule has 0 amide bonds. The van der Waals surface area contributed by atoms with Crippen molar-refractivity contribution in [2.24, 2.45) is 0 Å². The number of aromatic amines is 1. The lowest BCUT2D eigenvalue weighted by molar-refractivity contribution is 0.303. The summed E-state index contributed by atoms with van der Waals surface area (Å²) in [4.78, 5) is 0. The minimum Gasteiger partial charge on any atom is -0.507 e. The Morgan fingerprint density at radius 1 is 0.906 bits per heavy atom. The third-order valence-corrected chi connectivity index (χ3v) is 5.28. The summed E-state index contributed by atoms with van der Waals surface area (Å²) in [6.07, 6.45) is 0. The van der Waals surface area contributed by atoms with Crippen molar-refractivity contribution >= 4 is 0 Å². The van der Waals surface area contributed by atoms with Gasteiger partial charge in [-0.25, -0.2) is 0 Å². The molecule has 0 atom stereocenters. The summed E-state index contributed by atoms with van der Waals surface area (Å²) in [6.45, 7) is 6.41. The molecule has 6 heteroatoms. The smallest absolute Gasteiger partial charge is 0.176 e. The molecule has 0 spiro atoms. The number of aromatic hydroxyl groups is 1. The Morgan fingerprint density at radius 2 is 1.72 bits per heavy atom. The van der Waals surface area contributed by atoms with Crippen LogP contribution in [0.15, 0.2) is 60.7 Å². The molecule has 6 nitrogen and oxygen atoms in total. The second-order valence-corrected chi connectivity index (χ2v) is 7.70. The van der Waals surface area contributed by atoms with Crippen LogP contribution in [0.5, 0.6) is 28.7 Å². The van der Waals surface area contributed by atoms with E-state index in [1.165, 1.54) is 11.1 Å². The molecule has 0 radical (unpaired) electrons. The van der Waals surface area contributed by atoms with Gasteiger partial charge in [0.1, 0.15) is 35.3 Å². The normalized spacial score (nSPS) is 10.8. The van der Waals surface area contributed by atoms with Crippen LogP contribution in [-0.4, -0.2) is 22.4 Å². The van der Waals surface area contributed by atoms with Crippen molar-refractivity contribution in [1.82, 2.24) is 10.2 Å². The first-order chi connectivity index (χ1) is 15.4. The molecule has 0 unspecified atom stereocenters. The van der Waals surface area contributed by atoms with E-state index in [1.54, 1.807) is 25.3 Å². The fourth-order valence-electron chi connectivity index (χ4n) is 3.43. The molecule has 0 bridgehead atoms. The number of hydrogen-bond acceptors (Lipinski definition) is 5. The van der Waals surface area contributed by atoms with Crippen LogP contribution in [0.25, 0.3) is 11.3 Å². The summed E-state index contributed by atoms with van der Waals surface area (Å²) in [5.74, 6) is 2.49. The maximum absolute atomic E-state index is 10.7. The Morgan fingerprint density at radius 3 is 2.50 bits per heavy atom. The van der Waals surface area contributed by atoms with Crippen LogP contribution < -0.4 is 14.2 Å². The molecule has 0 aliphatic rings. The van der Waals surface area contributed by atoms with Gasteiger partial charge < -0.3 is 19.3 Å². The molecule has 32 heavy (non-hydrogen) atoms. The van der Waals surface area contributed by atoms with Crippen molar-refractivity contribution in [3.63, 3.8) is 0 Å². The number of aryl methyl sites for hydroxylation is 3. The van der Waals surface area contributed by atoms with Gasteiger partial charge in [-0.3, -0.25) is 5.10 Å². The first-order valence-electron chi connectivity index (χ1n) is 10.3. The second kappa shape index (κ2) is 9.06. The second-order valence-electron chi connectivity index (χ2n) is 7.70. The monoisotopic (exact) mass is 430 g/mol. The average molecular weight is 431 g/mol. The topological polar surface area (TPSA) is 76.6 Å². The van der Waals surface area contributed by atoms with Gasteiger partial charge in [0.05, 0.1) is 12.8 Å². The van der Waals surface area contributed by atoms with E-state index in [9.17, 15) is 5.11 Å². The Hall–Kier alpha value is -3.93. The maximum Gasteiger partial charge on any atom is 0.176 e. The summed E-state index contributed by atoms with van der Waals surface area (Å²) in [6, 6.07) is 18.8. The number of nitrogens with one attached hydrogen (secondary N) is 1. The Balaban J connectivity index is 1.56. The van der Waals surface area contributed by atoms with Crippen LogP contribution in [0.3, 0.4) is 0 Å². The number of aromatic nitrogens is 2. The minimum absolute atomic E-state index is 0.0606. The highest BCUT2D eigenvalue weighted by atomic mass is 16.5. The Bertz CT molecular complexity index is 1250. The predicted molar refractivity (Wildman–Crippen MR) is 124 cm³/mol. The van der Waals surface area contributed by atoms with E-state index >= 15 is 0 Å². The zero-order valence-electron chi connectivity index (χ0n) is 18.6. The first kappa shape index (κ1) is 21.3. The van der Waals surface area contributed by atoms with Gasteiger partial charge in [0.2, 0.25) is 0 Å². The predicted octanol–water partition coefficient (Wildman–Crippen LogP) is 6.09. The largest absolute Gasteiger partial charge is 0.507 e. The molecule has 0 saturated heterocycles. The van der Waals surface area contributed by atoms with Gasteiger partial charge in [-0.1, -0.05) is 29.8 Å². The van der Waals surface area contributed by atoms with E-state index in [1.807, 2.05) is 31.2 Å². The van der Waals surface area contributed by atoms with Crippen molar-refractivity contribution in [2.75, 3.05) is 7.11 Å². The molecule has 2 N–H and O–H groups in total. The van der Waals surface area contributed by atoms with Crippen molar-refractivity contribution in [3.8, 4) is 40.0 Å². The van der Waals surface area contributed by atoms with Gasteiger partial charge in [-0.05, 0) is 56.2 Å². The molecule has 0 saturated carbocycles. The van der Waals surface area contributed by atoms with E-state index in [0.717, 1.165) is 11.3 Å². The lowest BCUT2D eigenvalue weighted by Gasteiger charge is -2.12. The molecular weight excluding hydrogens is 404 g/mol. The lowest BCUT2D eigenvalue weighted by atomic mass is 10.1. The number of phenolic OH excluding ortho intramolecular Hbond substituents is 1. The molecule has 1 aromatic heterocycles. The van der Waals surface area contributed by atoms with Gasteiger partial charge in [0, 0.05) is 17.7 Å². The van der Waals surface area contributed by atoms with Crippen molar-refractivity contribution in [1.29, 1.82) is 0 Å². The number of ether oxygens (including phenoxy) is 3. The van der Waals surface area contributed by atoms with Crippen LogP contribution >= 0.6 is 0 Å². The fourth-order valence-corrected chi connectivity index (χ4v) is 3.43. The Labute approximate surface area is 187 Å². The van der Waals surface area contributed by atoms with Crippen molar-refractivity contribution in [3.05, 3.63) is 83.0 Å². The highest BCUT2D eigenvalue weighted by Crippen LogP contribution is 2.40. The zero-order chi connectivity index (χ0) is 22.7. The highest BCUT2D eigenvalue weighted by molar-refractivity contribution is 5.74. The quantitative estimate of drug-likeness (QED) is 0.371. The molecule has 1 heterocycles. The SMILES string of the molecule is COc1cccc(Oc2c(-c3ccc(OCc4cc(C)ccc4C)cc3O)n[nH]c2C)c1. The van der Waals surface area contributed by atoms with Gasteiger partial charge in [0.15, 0.2) is 5.75 Å². The van der Waals surface area contributed by atoms with E-state index in [-0.39, 0.29) is 5.75 Å². The number of phenols is 1. The van der Waals surface area contributed by atoms with E-state index in [2.05, 4.69) is 42.2 Å². The lowest BCUT2D eigenvalue weighted by Crippen LogP contribution is -1.98. The van der Waals surface area contributed by atoms with Crippen LogP contribution in [0.4, 0.5) is 0 Å². The van der Waals surface area contributed by atoms with Crippen LogP contribution in [0, 0.1) is 20.8 Å². The van der Waals surface area contributed by atoms with Crippen LogP contribution in [-0.2, 0) is 6.61 Å². The first-order valence-corrected chi connectivity index (χ1v) is 10.3. The van der Waals surface area contributed by atoms with Crippen molar-refractivity contribution in [2.45, 2.75) is 27.4 Å². The third-order valence-electron chi connectivity index (χ3n) is 5.28. The summed E-state index contributed by atoms with van der Waals surface area (Å²) in [5, 5.41) is 18.0. The summed E-state index contributed by atoms with van der Waals surface area (Å²) in [7, 11) is 1.61. The number of H-pyrrole nitrogens is 1. The number of nitrogens with zero attached hydrogens (tertiary/aromatic N) is 1. The summed E-state index contributed by atoms with van der Waals surface area (Å²) < 4.78 is 17.3. The van der Waals surface area contributed by atoms with E-state index < -0.39 is 0 Å². The molecule has 4 aromatic rings. The molecular formula is C26H26N2O4. The molecule has 0 fully saturated rings. The number of hydrogen-bond donors (Lipinski definition) is 2. The summed E-state index contributed by atoms with van der Waals surface area (Å²) >= 11 is 0. The third kappa shape index (κ3) is 4.54. The van der Waals surface area contributed by atoms with Crippen LogP contribution in [0.2, 0.25) is 0 Å². The van der Waals surface area contributed by atoms with E-state index in [4.69, 9.17) is 14.2 Å². The minimum atomic E-state index is 0.0606. The molecule has 0 aliphatic heterocycles. The van der Waals surface area contributed by atoms with Gasteiger partial charge in [-0.15, -0.1) is 0 Å². The summed E-state index contributed by atoms with van der Waals surface area (Å²) in [5.41, 5.74) is 5.28. The highest BCUT2D eigenvalue weighted by Gasteiger charge is 2.18. The fraction of sp³-hybridized carbons (Fsp3) is 0.192.